The summed E-state index contributed by atoms with van der Waals surface area (Å²) in [5.74, 6) is 0.807. The fourth-order valence-corrected chi connectivity index (χ4v) is 4.43. The van der Waals surface area contributed by atoms with E-state index in [0.717, 1.165) is 53.2 Å². The van der Waals surface area contributed by atoms with E-state index < -0.39 is 0 Å². The van der Waals surface area contributed by atoms with Gasteiger partial charge in [-0.1, -0.05) is 42.5 Å². The number of hydrogen-bond acceptors (Lipinski definition) is 4. The number of hydrogen-bond donors (Lipinski definition) is 1. The Kier molecular flexibility index (Phi) is 6.53. The Morgan fingerprint density at radius 2 is 1.74 bits per heavy atom. The molecule has 1 amide bonds. The van der Waals surface area contributed by atoms with Gasteiger partial charge >= 0.3 is 0 Å². The molecule has 0 bridgehead atoms. The first-order valence-corrected chi connectivity index (χ1v) is 11.7. The van der Waals surface area contributed by atoms with Gasteiger partial charge in [0.15, 0.2) is 5.82 Å². The number of aromatic nitrogens is 2. The molecular formula is C29H26FN3O2. The number of rotatable bonds is 7. The lowest BCUT2D eigenvalue weighted by Gasteiger charge is -2.21. The number of carbonyl (C=O) groups excluding carboxylic acids is 1. The normalized spacial score (nSPS) is 11.9. The van der Waals surface area contributed by atoms with Crippen molar-refractivity contribution in [1.82, 2.24) is 9.97 Å². The van der Waals surface area contributed by atoms with Crippen LogP contribution in [0.25, 0.3) is 11.3 Å². The molecule has 35 heavy (non-hydrogen) atoms. The summed E-state index contributed by atoms with van der Waals surface area (Å²) >= 11 is 0. The van der Waals surface area contributed by atoms with E-state index in [1.165, 1.54) is 23.3 Å². The van der Waals surface area contributed by atoms with Crippen LogP contribution in [0, 0.1) is 5.82 Å². The van der Waals surface area contributed by atoms with Crippen LogP contribution in [-0.2, 0) is 36.9 Å². The van der Waals surface area contributed by atoms with Gasteiger partial charge in [0.1, 0.15) is 11.6 Å². The highest BCUT2D eigenvalue weighted by Crippen LogP contribution is 2.35. The minimum atomic E-state index is -0.323. The number of nitrogens with zero attached hydrogens (tertiary/aromatic N) is 2. The predicted octanol–water partition coefficient (Wildman–Crippen LogP) is 5.36. The van der Waals surface area contributed by atoms with Gasteiger partial charge in [-0.15, -0.1) is 0 Å². The molecule has 0 spiro atoms. The van der Waals surface area contributed by atoms with Crippen molar-refractivity contribution in [3.8, 4) is 17.0 Å². The first-order valence-electron chi connectivity index (χ1n) is 11.7. The van der Waals surface area contributed by atoms with E-state index >= 15 is 0 Å². The third-order valence-electron chi connectivity index (χ3n) is 6.27. The van der Waals surface area contributed by atoms with Crippen LogP contribution < -0.4 is 10.1 Å². The number of aryl methyl sites for hydroxylation is 4. The van der Waals surface area contributed by atoms with Crippen LogP contribution in [0.15, 0.2) is 72.8 Å². The number of anilines is 1. The first kappa shape index (κ1) is 22.7. The fourth-order valence-electron chi connectivity index (χ4n) is 4.43. The van der Waals surface area contributed by atoms with Crippen molar-refractivity contribution in [3.63, 3.8) is 0 Å². The zero-order valence-corrected chi connectivity index (χ0v) is 19.6. The number of halogens is 1. The lowest BCUT2D eigenvalue weighted by atomic mass is 9.91. The van der Waals surface area contributed by atoms with Crippen molar-refractivity contribution >= 4 is 11.7 Å². The SMILES string of the molecule is COc1ccc2c(c1)CCc1nc(NC(=O)Cc3ccc(F)cc3)c(CCc3ccccc3)nc1-2. The summed E-state index contributed by atoms with van der Waals surface area (Å²) in [6, 6.07) is 22.2. The second kappa shape index (κ2) is 10.1. The topological polar surface area (TPSA) is 64.1 Å². The predicted molar refractivity (Wildman–Crippen MR) is 134 cm³/mol. The van der Waals surface area contributed by atoms with Crippen LogP contribution in [0.4, 0.5) is 10.2 Å². The molecule has 0 radical (unpaired) electrons. The van der Waals surface area contributed by atoms with Gasteiger partial charge in [-0.3, -0.25) is 4.79 Å². The maximum absolute atomic E-state index is 13.2. The van der Waals surface area contributed by atoms with Gasteiger partial charge in [0, 0.05) is 5.56 Å². The van der Waals surface area contributed by atoms with Crippen molar-refractivity contribution in [1.29, 1.82) is 0 Å². The number of nitrogens with one attached hydrogen (secondary N) is 1. The summed E-state index contributed by atoms with van der Waals surface area (Å²) in [6.45, 7) is 0. The van der Waals surface area contributed by atoms with Gasteiger partial charge in [-0.05, 0) is 72.7 Å². The van der Waals surface area contributed by atoms with E-state index in [9.17, 15) is 9.18 Å². The van der Waals surface area contributed by atoms with Gasteiger partial charge in [-0.25, -0.2) is 14.4 Å². The molecule has 1 aliphatic carbocycles. The van der Waals surface area contributed by atoms with Gasteiger partial charge in [-0.2, -0.15) is 0 Å². The third kappa shape index (κ3) is 5.22. The standard InChI is InChI=1S/C29H26FN3O2/c1-35-23-13-14-24-21(18-23)10-16-25-28(24)31-26(15-9-19-5-3-2-4-6-19)29(32-25)33-27(34)17-20-7-11-22(30)12-8-20/h2-8,11-14,18H,9-10,15-17H2,1H3,(H,32,33,34). The number of fused-ring (bicyclic) bond motifs is 3. The Hall–Kier alpha value is -4.06. The molecule has 6 heteroatoms. The minimum absolute atomic E-state index is 0.139. The summed E-state index contributed by atoms with van der Waals surface area (Å²) in [5.41, 5.74) is 6.68. The molecule has 0 saturated carbocycles. The van der Waals surface area contributed by atoms with Crippen LogP contribution in [-0.4, -0.2) is 23.0 Å². The van der Waals surface area contributed by atoms with Crippen molar-refractivity contribution in [3.05, 3.63) is 107 Å². The molecule has 5 nitrogen and oxygen atoms in total. The molecule has 1 aliphatic rings. The monoisotopic (exact) mass is 467 g/mol. The van der Waals surface area contributed by atoms with E-state index in [0.29, 0.717) is 12.2 Å². The molecular weight excluding hydrogens is 441 g/mol. The van der Waals surface area contributed by atoms with Crippen LogP contribution in [0.1, 0.15) is 28.1 Å². The summed E-state index contributed by atoms with van der Waals surface area (Å²) in [5, 5.41) is 2.98. The number of ether oxygens (including phenoxy) is 1. The number of benzene rings is 3. The Labute approximate surface area is 204 Å². The lowest BCUT2D eigenvalue weighted by Crippen LogP contribution is -2.20. The fraction of sp³-hybridized carbons (Fsp3) is 0.207. The summed E-state index contributed by atoms with van der Waals surface area (Å²) < 4.78 is 18.6. The zero-order chi connectivity index (χ0) is 24.2. The maximum Gasteiger partial charge on any atom is 0.229 e. The van der Waals surface area contributed by atoms with E-state index in [4.69, 9.17) is 14.7 Å². The molecule has 0 saturated heterocycles. The van der Waals surface area contributed by atoms with Crippen molar-refractivity contribution in [2.24, 2.45) is 0 Å². The average Bonchev–Trinajstić information content (AvgIpc) is 2.89. The zero-order valence-electron chi connectivity index (χ0n) is 19.6. The Morgan fingerprint density at radius 3 is 2.51 bits per heavy atom. The third-order valence-corrected chi connectivity index (χ3v) is 6.27. The van der Waals surface area contributed by atoms with Crippen molar-refractivity contribution in [2.45, 2.75) is 32.1 Å². The smallest absolute Gasteiger partial charge is 0.229 e. The van der Waals surface area contributed by atoms with E-state index in [2.05, 4.69) is 23.5 Å². The molecule has 176 valence electrons. The maximum atomic E-state index is 13.2. The van der Waals surface area contributed by atoms with Crippen LogP contribution >= 0.6 is 0 Å². The Bertz CT molecular complexity index is 1350. The largest absolute Gasteiger partial charge is 0.497 e. The van der Waals surface area contributed by atoms with E-state index in [1.807, 2.05) is 30.3 Å². The number of carbonyl (C=O) groups is 1. The lowest BCUT2D eigenvalue weighted by molar-refractivity contribution is -0.115. The van der Waals surface area contributed by atoms with Gasteiger partial charge in [0.25, 0.3) is 0 Å². The highest BCUT2D eigenvalue weighted by atomic mass is 19.1. The summed E-state index contributed by atoms with van der Waals surface area (Å²) in [7, 11) is 1.67. The highest BCUT2D eigenvalue weighted by Gasteiger charge is 2.23. The van der Waals surface area contributed by atoms with Gasteiger partial charge < -0.3 is 10.1 Å². The molecule has 4 aromatic rings. The average molecular weight is 468 g/mol. The second-order valence-corrected chi connectivity index (χ2v) is 8.67. The molecule has 0 aliphatic heterocycles. The van der Waals surface area contributed by atoms with E-state index in [1.54, 1.807) is 19.2 Å². The highest BCUT2D eigenvalue weighted by molar-refractivity contribution is 5.92. The molecule has 0 atom stereocenters. The summed E-state index contributed by atoms with van der Waals surface area (Å²) in [6.07, 6.45) is 3.13. The molecule has 0 unspecified atom stereocenters. The van der Waals surface area contributed by atoms with Crippen LogP contribution in [0.5, 0.6) is 5.75 Å². The van der Waals surface area contributed by atoms with Crippen molar-refractivity contribution in [2.75, 3.05) is 12.4 Å². The molecule has 1 heterocycles. The number of methoxy groups -OCH3 is 1. The molecule has 0 fully saturated rings. The van der Waals surface area contributed by atoms with Crippen LogP contribution in [0.3, 0.4) is 0 Å². The first-order chi connectivity index (χ1) is 17.1. The van der Waals surface area contributed by atoms with Gasteiger partial charge in [0.2, 0.25) is 5.91 Å². The molecule has 3 aromatic carbocycles. The molecule has 1 aromatic heterocycles. The quantitative estimate of drug-likeness (QED) is 0.398. The summed E-state index contributed by atoms with van der Waals surface area (Å²) in [4.78, 5) is 22.7. The minimum Gasteiger partial charge on any atom is -0.497 e. The molecule has 1 N–H and O–H groups in total. The van der Waals surface area contributed by atoms with E-state index in [-0.39, 0.29) is 18.1 Å². The second-order valence-electron chi connectivity index (χ2n) is 8.67. The molecule has 5 rings (SSSR count). The number of amides is 1. The van der Waals surface area contributed by atoms with Gasteiger partial charge in [0.05, 0.1) is 30.6 Å². The Morgan fingerprint density at radius 1 is 0.943 bits per heavy atom. The van der Waals surface area contributed by atoms with Crippen molar-refractivity contribution < 1.29 is 13.9 Å². The Balaban J connectivity index is 1.46. The van der Waals surface area contributed by atoms with Crippen LogP contribution in [0.2, 0.25) is 0 Å².